The van der Waals surface area contributed by atoms with Crippen LogP contribution in [0.3, 0.4) is 0 Å². The first-order valence-electron chi connectivity index (χ1n) is 5.44. The first-order chi connectivity index (χ1) is 9.38. The van der Waals surface area contributed by atoms with E-state index in [1.165, 1.54) is 36.4 Å². The zero-order valence-electron chi connectivity index (χ0n) is 10.1. The molecule has 1 heterocycles. The molecule has 1 amide bonds. The second-order valence-electron chi connectivity index (χ2n) is 3.84. The number of aromatic nitrogens is 1. The smallest absolute Gasteiger partial charge is 0.263 e. The average molecular weight is 295 g/mol. The van der Waals surface area contributed by atoms with Gasteiger partial charge in [-0.05, 0) is 36.4 Å². The number of halogens is 1. The summed E-state index contributed by atoms with van der Waals surface area (Å²) in [6, 6.07) is 8.77. The first-order valence-corrected chi connectivity index (χ1v) is 6.92. The molecule has 0 fully saturated rings. The monoisotopic (exact) mass is 295 g/mol. The average Bonchev–Trinajstić information content (AvgIpc) is 2.38. The van der Waals surface area contributed by atoms with Crippen molar-refractivity contribution in [1.82, 2.24) is 4.98 Å². The number of hydrogen-bond acceptors (Lipinski definition) is 4. The number of hydrogen-bond donors (Lipinski definition) is 2. The van der Waals surface area contributed by atoms with Crippen molar-refractivity contribution in [1.29, 1.82) is 0 Å². The lowest BCUT2D eigenvalue weighted by molar-refractivity contribution is 0.1000. The molecule has 0 spiro atoms. The summed E-state index contributed by atoms with van der Waals surface area (Å²) in [5.41, 5.74) is 5.25. The molecular formula is C12H10FN3O3S. The lowest BCUT2D eigenvalue weighted by atomic mass is 10.2. The van der Waals surface area contributed by atoms with Crippen LogP contribution in [0.4, 0.5) is 10.2 Å². The van der Waals surface area contributed by atoms with Gasteiger partial charge in [0.15, 0.2) is 0 Å². The van der Waals surface area contributed by atoms with Crippen molar-refractivity contribution in [2.75, 3.05) is 4.72 Å². The van der Waals surface area contributed by atoms with Gasteiger partial charge < -0.3 is 5.73 Å². The summed E-state index contributed by atoms with van der Waals surface area (Å²) in [5, 5.41) is 0. The molecule has 2 aromatic rings. The minimum Gasteiger partial charge on any atom is -0.366 e. The van der Waals surface area contributed by atoms with Crippen LogP contribution >= 0.6 is 0 Å². The van der Waals surface area contributed by atoms with E-state index in [4.69, 9.17) is 5.73 Å². The number of nitrogens with zero attached hydrogens (tertiary/aromatic N) is 1. The molecule has 1 aromatic carbocycles. The molecule has 0 saturated carbocycles. The lowest BCUT2D eigenvalue weighted by Gasteiger charge is -2.07. The predicted octanol–water partition coefficient (Wildman–Crippen LogP) is 1.12. The molecule has 2 rings (SSSR count). The lowest BCUT2D eigenvalue weighted by Crippen LogP contribution is -2.15. The highest BCUT2D eigenvalue weighted by Crippen LogP contribution is 2.15. The topological polar surface area (TPSA) is 102 Å². The normalized spacial score (nSPS) is 11.1. The number of amides is 1. The summed E-state index contributed by atoms with van der Waals surface area (Å²) in [7, 11) is -3.90. The summed E-state index contributed by atoms with van der Waals surface area (Å²) in [5.74, 6) is -1.59. The Kier molecular flexibility index (Phi) is 3.66. The SMILES string of the molecule is NC(=O)c1ccc(S(=O)(=O)Nc2cccc(F)n2)cc1. The summed E-state index contributed by atoms with van der Waals surface area (Å²) in [6.07, 6.45) is 0. The van der Waals surface area contributed by atoms with E-state index in [1.807, 2.05) is 0 Å². The molecule has 6 nitrogen and oxygen atoms in total. The molecule has 0 atom stereocenters. The van der Waals surface area contributed by atoms with Gasteiger partial charge in [0.2, 0.25) is 11.9 Å². The van der Waals surface area contributed by atoms with Crippen molar-refractivity contribution in [3.05, 3.63) is 54.0 Å². The number of anilines is 1. The molecule has 3 N–H and O–H groups in total. The van der Waals surface area contributed by atoms with Gasteiger partial charge >= 0.3 is 0 Å². The van der Waals surface area contributed by atoms with E-state index < -0.39 is 21.9 Å². The molecule has 0 aliphatic rings. The number of nitrogens with two attached hydrogens (primary N) is 1. The van der Waals surface area contributed by atoms with E-state index >= 15 is 0 Å². The number of primary amides is 1. The Morgan fingerprint density at radius 3 is 2.35 bits per heavy atom. The third kappa shape index (κ3) is 3.09. The van der Waals surface area contributed by atoms with Crippen LogP contribution in [0.2, 0.25) is 0 Å². The van der Waals surface area contributed by atoms with Crippen molar-refractivity contribution in [3.63, 3.8) is 0 Å². The van der Waals surface area contributed by atoms with Crippen LogP contribution in [0, 0.1) is 5.95 Å². The minimum atomic E-state index is -3.90. The fourth-order valence-electron chi connectivity index (χ4n) is 1.46. The van der Waals surface area contributed by atoms with Crippen LogP contribution in [0.15, 0.2) is 47.4 Å². The Morgan fingerprint density at radius 2 is 1.80 bits per heavy atom. The van der Waals surface area contributed by atoms with Crippen molar-refractivity contribution in [2.24, 2.45) is 5.73 Å². The van der Waals surface area contributed by atoms with Crippen molar-refractivity contribution in [3.8, 4) is 0 Å². The summed E-state index contributed by atoms with van der Waals surface area (Å²) >= 11 is 0. The van der Waals surface area contributed by atoms with Gasteiger partial charge in [0.25, 0.3) is 10.0 Å². The Hall–Kier alpha value is -2.48. The van der Waals surface area contributed by atoms with Crippen molar-refractivity contribution < 1.29 is 17.6 Å². The second-order valence-corrected chi connectivity index (χ2v) is 5.52. The van der Waals surface area contributed by atoms with Gasteiger partial charge in [-0.2, -0.15) is 4.39 Å². The second kappa shape index (κ2) is 5.25. The molecule has 0 unspecified atom stereocenters. The van der Waals surface area contributed by atoms with E-state index in [0.29, 0.717) is 0 Å². The molecule has 0 aliphatic carbocycles. The molecule has 0 bridgehead atoms. The number of sulfonamides is 1. The van der Waals surface area contributed by atoms with Gasteiger partial charge in [-0.3, -0.25) is 9.52 Å². The number of carbonyl (C=O) groups excluding carboxylic acids is 1. The minimum absolute atomic E-state index is 0.0893. The number of benzene rings is 1. The molecular weight excluding hydrogens is 285 g/mol. The van der Waals surface area contributed by atoms with E-state index in [1.54, 1.807) is 0 Å². The fourth-order valence-corrected chi connectivity index (χ4v) is 2.46. The standard InChI is InChI=1S/C12H10FN3O3S/c13-10-2-1-3-11(15-10)16-20(18,19)9-6-4-8(5-7-9)12(14)17/h1-7H,(H2,14,17)(H,15,16). The van der Waals surface area contributed by atoms with Gasteiger partial charge in [0.1, 0.15) is 5.82 Å². The number of carbonyl (C=O) groups is 1. The first kappa shape index (κ1) is 13.9. The van der Waals surface area contributed by atoms with Crippen molar-refractivity contribution in [2.45, 2.75) is 4.90 Å². The number of nitrogens with one attached hydrogen (secondary N) is 1. The van der Waals surface area contributed by atoms with Gasteiger partial charge in [0.05, 0.1) is 4.90 Å². The van der Waals surface area contributed by atoms with E-state index in [0.717, 1.165) is 6.07 Å². The Labute approximate surface area is 114 Å². The van der Waals surface area contributed by atoms with Crippen molar-refractivity contribution >= 4 is 21.7 Å². The maximum atomic E-state index is 12.9. The van der Waals surface area contributed by atoms with Gasteiger partial charge in [0, 0.05) is 5.56 Å². The van der Waals surface area contributed by atoms with Crippen LogP contribution in [0.25, 0.3) is 0 Å². The van der Waals surface area contributed by atoms with Crippen LogP contribution in [0.1, 0.15) is 10.4 Å². The number of rotatable bonds is 4. The maximum Gasteiger partial charge on any atom is 0.263 e. The van der Waals surface area contributed by atoms with Crippen LogP contribution in [-0.4, -0.2) is 19.3 Å². The van der Waals surface area contributed by atoms with E-state index in [-0.39, 0.29) is 16.3 Å². The Bertz CT molecular complexity index is 745. The van der Waals surface area contributed by atoms with Crippen LogP contribution < -0.4 is 10.5 Å². The highest BCUT2D eigenvalue weighted by atomic mass is 32.2. The highest BCUT2D eigenvalue weighted by Gasteiger charge is 2.15. The van der Waals surface area contributed by atoms with Gasteiger partial charge in [-0.1, -0.05) is 6.07 Å². The highest BCUT2D eigenvalue weighted by molar-refractivity contribution is 7.92. The summed E-state index contributed by atoms with van der Waals surface area (Å²) in [4.78, 5) is 14.2. The third-order valence-corrected chi connectivity index (χ3v) is 3.77. The molecule has 0 aliphatic heterocycles. The molecule has 0 saturated heterocycles. The predicted molar refractivity (Wildman–Crippen MR) is 70.0 cm³/mol. The van der Waals surface area contributed by atoms with Crippen LogP contribution in [0.5, 0.6) is 0 Å². The van der Waals surface area contributed by atoms with Gasteiger partial charge in [-0.25, -0.2) is 13.4 Å². The summed E-state index contributed by atoms with van der Waals surface area (Å²) < 4.78 is 39.0. The maximum absolute atomic E-state index is 12.9. The summed E-state index contributed by atoms with van der Waals surface area (Å²) in [6.45, 7) is 0. The fraction of sp³-hybridized carbons (Fsp3) is 0. The van der Waals surface area contributed by atoms with E-state index in [9.17, 15) is 17.6 Å². The zero-order valence-corrected chi connectivity index (χ0v) is 10.9. The third-order valence-electron chi connectivity index (χ3n) is 2.40. The van der Waals surface area contributed by atoms with Gasteiger partial charge in [-0.15, -0.1) is 0 Å². The molecule has 20 heavy (non-hydrogen) atoms. The zero-order chi connectivity index (χ0) is 14.8. The number of pyridine rings is 1. The Balaban J connectivity index is 2.28. The molecule has 1 aromatic heterocycles. The van der Waals surface area contributed by atoms with Crippen LogP contribution in [-0.2, 0) is 10.0 Å². The largest absolute Gasteiger partial charge is 0.366 e. The quantitative estimate of drug-likeness (QED) is 0.825. The molecule has 0 radical (unpaired) electrons. The molecule has 8 heteroatoms. The molecule has 104 valence electrons. The Morgan fingerprint density at radius 1 is 1.15 bits per heavy atom. The van der Waals surface area contributed by atoms with E-state index in [2.05, 4.69) is 9.71 Å².